The molecule has 0 radical (unpaired) electrons. The van der Waals surface area contributed by atoms with Crippen LogP contribution in [0.3, 0.4) is 0 Å². The van der Waals surface area contributed by atoms with Crippen LogP contribution in [0, 0.1) is 12.7 Å². The summed E-state index contributed by atoms with van der Waals surface area (Å²) in [4.78, 5) is 0. The third-order valence-corrected chi connectivity index (χ3v) is 4.59. The fraction of sp³-hybridized carbons (Fsp3) is 0.200. The minimum Gasteiger partial charge on any atom is -0.388 e. The maximum absolute atomic E-state index is 13.8. The molecule has 2 aromatic carbocycles. The first-order valence-electron chi connectivity index (χ1n) is 5.86. The van der Waals surface area contributed by atoms with Gasteiger partial charge in [-0.2, -0.15) is 0 Å². The Morgan fingerprint density at radius 3 is 2.63 bits per heavy atom. The van der Waals surface area contributed by atoms with Gasteiger partial charge in [-0.25, -0.2) is 4.39 Å². The highest BCUT2D eigenvalue weighted by molar-refractivity contribution is 9.10. The molecule has 0 spiro atoms. The number of aryl methyl sites for hydroxylation is 1. The van der Waals surface area contributed by atoms with Crippen LogP contribution in [0.5, 0.6) is 0 Å². The first-order valence-corrected chi connectivity index (χ1v) is 7.44. The van der Waals surface area contributed by atoms with Gasteiger partial charge in [0.2, 0.25) is 0 Å². The highest BCUT2D eigenvalue weighted by Crippen LogP contribution is 2.29. The van der Waals surface area contributed by atoms with Crippen molar-refractivity contribution in [1.82, 2.24) is 0 Å². The van der Waals surface area contributed by atoms with Crippen LogP contribution in [-0.2, 0) is 6.42 Å². The van der Waals surface area contributed by atoms with Crippen molar-refractivity contribution in [2.75, 3.05) is 0 Å². The van der Waals surface area contributed by atoms with Crippen molar-refractivity contribution in [3.8, 4) is 0 Å². The summed E-state index contributed by atoms with van der Waals surface area (Å²) in [5.74, 6) is -0.308. The summed E-state index contributed by atoms with van der Waals surface area (Å²) in [7, 11) is 0. The Hall–Kier alpha value is -0.710. The second-order valence-electron chi connectivity index (χ2n) is 4.43. The molecule has 1 N–H and O–H groups in total. The van der Waals surface area contributed by atoms with E-state index in [4.69, 9.17) is 0 Å². The SMILES string of the molecule is Cc1cccc(C(O)Cc2ccc(Br)cc2F)c1Br. The highest BCUT2D eigenvalue weighted by atomic mass is 79.9. The lowest BCUT2D eigenvalue weighted by Gasteiger charge is -2.15. The highest BCUT2D eigenvalue weighted by Gasteiger charge is 2.15. The quantitative estimate of drug-likeness (QED) is 0.791. The molecule has 2 rings (SSSR count). The molecule has 0 saturated heterocycles. The van der Waals surface area contributed by atoms with Crippen molar-refractivity contribution in [3.05, 3.63) is 67.9 Å². The van der Waals surface area contributed by atoms with E-state index in [1.807, 2.05) is 25.1 Å². The van der Waals surface area contributed by atoms with Crippen LogP contribution in [0.1, 0.15) is 22.8 Å². The van der Waals surface area contributed by atoms with Crippen LogP contribution in [0.25, 0.3) is 0 Å². The van der Waals surface area contributed by atoms with Gasteiger partial charge < -0.3 is 5.11 Å². The lowest BCUT2D eigenvalue weighted by Crippen LogP contribution is -2.05. The number of aliphatic hydroxyl groups is 1. The molecule has 0 saturated carbocycles. The molecule has 0 aromatic heterocycles. The van der Waals surface area contributed by atoms with E-state index in [-0.39, 0.29) is 12.2 Å². The van der Waals surface area contributed by atoms with Crippen molar-refractivity contribution in [1.29, 1.82) is 0 Å². The number of benzene rings is 2. The van der Waals surface area contributed by atoms with Crippen LogP contribution >= 0.6 is 31.9 Å². The van der Waals surface area contributed by atoms with Crippen molar-refractivity contribution < 1.29 is 9.50 Å². The van der Waals surface area contributed by atoms with E-state index in [0.717, 1.165) is 15.6 Å². The van der Waals surface area contributed by atoms with Crippen LogP contribution in [0.15, 0.2) is 45.3 Å². The Balaban J connectivity index is 2.25. The van der Waals surface area contributed by atoms with Gasteiger partial charge in [0.1, 0.15) is 5.82 Å². The molecular formula is C15H13Br2FO. The zero-order valence-electron chi connectivity index (χ0n) is 10.3. The fourth-order valence-corrected chi connectivity index (χ4v) is 2.79. The maximum atomic E-state index is 13.8. The Bertz CT molecular complexity index is 599. The zero-order valence-corrected chi connectivity index (χ0v) is 13.5. The van der Waals surface area contributed by atoms with Gasteiger partial charge in [0.25, 0.3) is 0 Å². The molecule has 0 aliphatic carbocycles. The Morgan fingerprint density at radius 1 is 1.21 bits per heavy atom. The molecule has 0 aliphatic rings. The number of halogens is 3. The summed E-state index contributed by atoms with van der Waals surface area (Å²) >= 11 is 6.68. The van der Waals surface area contributed by atoms with Gasteiger partial charge in [0.05, 0.1) is 6.10 Å². The van der Waals surface area contributed by atoms with Gasteiger partial charge in [0.15, 0.2) is 0 Å². The predicted octanol–water partition coefficient (Wildman–Crippen LogP) is 4.94. The molecule has 2 aromatic rings. The summed E-state index contributed by atoms with van der Waals surface area (Å²) in [6.07, 6.45) is -0.480. The topological polar surface area (TPSA) is 20.2 Å². The average molecular weight is 388 g/mol. The molecule has 0 aliphatic heterocycles. The number of rotatable bonds is 3. The lowest BCUT2D eigenvalue weighted by atomic mass is 10.00. The Labute approximate surface area is 128 Å². The van der Waals surface area contributed by atoms with Gasteiger partial charge in [-0.05, 0) is 35.7 Å². The number of hydrogen-bond acceptors (Lipinski definition) is 1. The minimum atomic E-state index is -0.732. The van der Waals surface area contributed by atoms with Crippen molar-refractivity contribution in [2.24, 2.45) is 0 Å². The summed E-state index contributed by atoms with van der Waals surface area (Å²) in [6.45, 7) is 1.96. The van der Waals surface area contributed by atoms with E-state index in [1.54, 1.807) is 12.1 Å². The molecule has 0 amide bonds. The van der Waals surface area contributed by atoms with E-state index in [1.165, 1.54) is 6.07 Å². The third kappa shape index (κ3) is 3.44. The largest absolute Gasteiger partial charge is 0.388 e. The Morgan fingerprint density at radius 2 is 1.95 bits per heavy atom. The summed E-state index contributed by atoms with van der Waals surface area (Å²) in [5.41, 5.74) is 2.33. The van der Waals surface area contributed by atoms with Crippen molar-refractivity contribution in [3.63, 3.8) is 0 Å². The first-order chi connectivity index (χ1) is 8.99. The minimum absolute atomic E-state index is 0.251. The van der Waals surface area contributed by atoms with E-state index in [9.17, 15) is 9.50 Å². The van der Waals surface area contributed by atoms with Gasteiger partial charge in [-0.1, -0.05) is 56.1 Å². The molecule has 0 bridgehead atoms. The predicted molar refractivity (Wildman–Crippen MR) is 81.6 cm³/mol. The van der Waals surface area contributed by atoms with Crippen LogP contribution < -0.4 is 0 Å². The van der Waals surface area contributed by atoms with Gasteiger partial charge >= 0.3 is 0 Å². The third-order valence-electron chi connectivity index (χ3n) is 3.01. The lowest BCUT2D eigenvalue weighted by molar-refractivity contribution is 0.176. The molecule has 100 valence electrons. The molecule has 0 fully saturated rings. The maximum Gasteiger partial charge on any atom is 0.127 e. The fourth-order valence-electron chi connectivity index (χ4n) is 1.93. The van der Waals surface area contributed by atoms with Gasteiger partial charge in [0, 0.05) is 15.4 Å². The van der Waals surface area contributed by atoms with Crippen molar-refractivity contribution >= 4 is 31.9 Å². The zero-order chi connectivity index (χ0) is 14.0. The summed E-state index contributed by atoms with van der Waals surface area (Å²) in [5, 5.41) is 10.3. The number of hydrogen-bond donors (Lipinski definition) is 1. The normalized spacial score (nSPS) is 12.5. The molecule has 1 atom stereocenters. The standard InChI is InChI=1S/C15H13Br2FO/c1-9-3-2-4-12(15(9)17)14(19)7-10-5-6-11(16)8-13(10)18/h2-6,8,14,19H,7H2,1H3. The van der Waals surface area contributed by atoms with Crippen LogP contribution in [0.2, 0.25) is 0 Å². The first kappa shape index (κ1) is 14.7. The van der Waals surface area contributed by atoms with E-state index >= 15 is 0 Å². The molecule has 4 heteroatoms. The molecule has 1 nitrogen and oxygen atoms in total. The second kappa shape index (κ2) is 6.16. The molecular weight excluding hydrogens is 375 g/mol. The Kier molecular flexibility index (Phi) is 4.76. The van der Waals surface area contributed by atoms with Gasteiger partial charge in [-0.15, -0.1) is 0 Å². The molecule has 19 heavy (non-hydrogen) atoms. The van der Waals surface area contributed by atoms with Gasteiger partial charge in [-0.3, -0.25) is 0 Å². The van der Waals surface area contributed by atoms with E-state index in [2.05, 4.69) is 31.9 Å². The second-order valence-corrected chi connectivity index (χ2v) is 6.14. The van der Waals surface area contributed by atoms with Crippen LogP contribution in [0.4, 0.5) is 4.39 Å². The molecule has 1 unspecified atom stereocenters. The van der Waals surface area contributed by atoms with Crippen molar-refractivity contribution in [2.45, 2.75) is 19.4 Å². The molecule has 0 heterocycles. The van der Waals surface area contributed by atoms with E-state index < -0.39 is 6.10 Å². The summed E-state index contributed by atoms with van der Waals surface area (Å²) in [6, 6.07) is 10.6. The van der Waals surface area contributed by atoms with Crippen LogP contribution in [-0.4, -0.2) is 5.11 Å². The number of aliphatic hydroxyl groups excluding tert-OH is 1. The monoisotopic (exact) mass is 386 g/mol. The van der Waals surface area contributed by atoms with E-state index in [0.29, 0.717) is 10.0 Å². The smallest absolute Gasteiger partial charge is 0.127 e. The average Bonchev–Trinajstić information content (AvgIpc) is 2.36. The summed E-state index contributed by atoms with van der Waals surface area (Å²) < 4.78 is 15.3.